The molecule has 0 aromatic heterocycles. The fourth-order valence-electron chi connectivity index (χ4n) is 2.08. The van der Waals surface area contributed by atoms with Gasteiger partial charge in [0.2, 0.25) is 0 Å². The molecule has 8 nitrogen and oxygen atoms in total. The third-order valence-electron chi connectivity index (χ3n) is 3.06. The van der Waals surface area contributed by atoms with E-state index in [2.05, 4.69) is 10.6 Å². The van der Waals surface area contributed by atoms with Crippen LogP contribution in [-0.4, -0.2) is 46.1 Å². The van der Waals surface area contributed by atoms with E-state index >= 15 is 0 Å². The van der Waals surface area contributed by atoms with Crippen LogP contribution in [0.1, 0.15) is 12.5 Å². The zero-order valence-corrected chi connectivity index (χ0v) is 11.7. The van der Waals surface area contributed by atoms with Crippen molar-refractivity contribution in [2.45, 2.75) is 19.1 Å². The highest BCUT2D eigenvalue weighted by Gasteiger charge is 2.36. The molecule has 1 aliphatic heterocycles. The van der Waals surface area contributed by atoms with Crippen molar-refractivity contribution in [1.82, 2.24) is 10.6 Å². The molecule has 118 valence electrons. The Morgan fingerprint density at radius 3 is 2.64 bits per heavy atom. The molecule has 1 aromatic rings. The number of carboxylic acids is 2. The molecule has 0 amide bonds. The minimum absolute atomic E-state index is 0.0281. The van der Waals surface area contributed by atoms with Crippen LogP contribution in [0.4, 0.5) is 0 Å². The summed E-state index contributed by atoms with van der Waals surface area (Å²) >= 11 is 0. The van der Waals surface area contributed by atoms with Crippen molar-refractivity contribution in [1.29, 1.82) is 0 Å². The molecule has 5 N–H and O–H groups in total. The highest BCUT2D eigenvalue weighted by Crippen LogP contribution is 2.28. The number of ether oxygens (including phenoxy) is 1. The predicted octanol–water partition coefficient (Wildman–Crippen LogP) is 0.189. The van der Waals surface area contributed by atoms with Gasteiger partial charge in [0.15, 0.2) is 17.7 Å². The Bertz CT molecular complexity index is 628. The highest BCUT2D eigenvalue weighted by molar-refractivity contribution is 5.84. The van der Waals surface area contributed by atoms with Crippen LogP contribution in [0.2, 0.25) is 0 Å². The van der Waals surface area contributed by atoms with Crippen molar-refractivity contribution in [2.75, 3.05) is 6.61 Å². The largest absolute Gasteiger partial charge is 0.504 e. The standard InChI is InChI=1S/C14H16N2O6/c1-2-22-10-6-7(3-4-9(10)17)5-8-11(13(18)19)16-12(15-8)14(20)21/h3-6,11-12,15-17H,2H2,1H3,(H,18,19)(H,20,21)/b8-5-. The number of aliphatic carboxylic acids is 2. The number of rotatable bonds is 5. The normalized spacial score (nSPS) is 22.3. The number of carbonyl (C=O) groups is 2. The second-order valence-electron chi connectivity index (χ2n) is 4.61. The molecule has 2 unspecified atom stereocenters. The monoisotopic (exact) mass is 308 g/mol. The van der Waals surface area contributed by atoms with E-state index in [1.165, 1.54) is 12.1 Å². The summed E-state index contributed by atoms with van der Waals surface area (Å²) < 4.78 is 5.25. The zero-order valence-electron chi connectivity index (χ0n) is 11.7. The van der Waals surface area contributed by atoms with Gasteiger partial charge in [0.05, 0.1) is 6.61 Å². The number of hydrogen-bond acceptors (Lipinski definition) is 6. The third kappa shape index (κ3) is 3.29. The molecule has 1 aromatic carbocycles. The van der Waals surface area contributed by atoms with E-state index in [1.54, 1.807) is 19.1 Å². The summed E-state index contributed by atoms with van der Waals surface area (Å²) in [6.07, 6.45) is 0.326. The number of aromatic hydroxyl groups is 1. The molecule has 22 heavy (non-hydrogen) atoms. The minimum atomic E-state index is -1.20. The van der Waals surface area contributed by atoms with Crippen LogP contribution in [-0.2, 0) is 9.59 Å². The number of hydrogen-bond donors (Lipinski definition) is 5. The van der Waals surface area contributed by atoms with Gasteiger partial charge in [-0.3, -0.25) is 10.1 Å². The van der Waals surface area contributed by atoms with Crippen molar-refractivity contribution in [3.05, 3.63) is 29.5 Å². The molecule has 1 heterocycles. The number of phenolic OH excluding ortho intramolecular Hbond substituents is 1. The van der Waals surface area contributed by atoms with Crippen LogP contribution in [0.5, 0.6) is 11.5 Å². The minimum Gasteiger partial charge on any atom is -0.504 e. The van der Waals surface area contributed by atoms with Crippen LogP contribution in [0.3, 0.4) is 0 Å². The maximum absolute atomic E-state index is 11.2. The average molecular weight is 308 g/mol. The summed E-state index contributed by atoms with van der Waals surface area (Å²) in [6, 6.07) is 3.38. The van der Waals surface area contributed by atoms with Crippen LogP contribution in [0.15, 0.2) is 23.9 Å². The first-order chi connectivity index (χ1) is 10.4. The lowest BCUT2D eigenvalue weighted by Crippen LogP contribution is -2.42. The summed E-state index contributed by atoms with van der Waals surface area (Å²) in [4.78, 5) is 22.1. The van der Waals surface area contributed by atoms with E-state index in [0.29, 0.717) is 12.2 Å². The molecule has 0 bridgehead atoms. The van der Waals surface area contributed by atoms with Gasteiger partial charge < -0.3 is 25.4 Å². The Morgan fingerprint density at radius 2 is 2.05 bits per heavy atom. The molecule has 0 saturated carbocycles. The summed E-state index contributed by atoms with van der Waals surface area (Å²) in [6.45, 7) is 2.14. The van der Waals surface area contributed by atoms with Crippen molar-refractivity contribution in [3.8, 4) is 11.5 Å². The first kappa shape index (κ1) is 15.6. The molecule has 0 radical (unpaired) electrons. The van der Waals surface area contributed by atoms with Gasteiger partial charge >= 0.3 is 11.9 Å². The Kier molecular flexibility index (Phi) is 4.52. The lowest BCUT2D eigenvalue weighted by Gasteiger charge is -2.08. The van der Waals surface area contributed by atoms with E-state index in [1.807, 2.05) is 0 Å². The molecule has 0 aliphatic carbocycles. The Hall–Kier alpha value is -2.74. The van der Waals surface area contributed by atoms with E-state index in [4.69, 9.17) is 14.9 Å². The number of phenols is 1. The first-order valence-corrected chi connectivity index (χ1v) is 6.58. The Morgan fingerprint density at radius 1 is 1.32 bits per heavy atom. The number of benzene rings is 1. The van der Waals surface area contributed by atoms with Gasteiger partial charge in [-0.15, -0.1) is 0 Å². The third-order valence-corrected chi connectivity index (χ3v) is 3.06. The van der Waals surface area contributed by atoms with Gasteiger partial charge in [0, 0.05) is 5.70 Å². The number of carboxylic acid groups (broad SMARTS) is 2. The first-order valence-electron chi connectivity index (χ1n) is 6.58. The van der Waals surface area contributed by atoms with Crippen LogP contribution in [0, 0.1) is 0 Å². The van der Waals surface area contributed by atoms with Crippen molar-refractivity contribution >= 4 is 18.0 Å². The SMILES string of the molecule is CCOc1cc(/C=C2\NC(C(=O)O)NC2C(=O)O)ccc1O. The lowest BCUT2D eigenvalue weighted by atomic mass is 10.1. The fraction of sp³-hybridized carbons (Fsp3) is 0.286. The summed E-state index contributed by atoms with van der Waals surface area (Å²) in [5.74, 6) is -2.15. The smallest absolute Gasteiger partial charge is 0.341 e. The topological polar surface area (TPSA) is 128 Å². The van der Waals surface area contributed by atoms with E-state index < -0.39 is 24.1 Å². The summed E-state index contributed by atoms with van der Waals surface area (Å²) in [5.41, 5.74) is 0.788. The van der Waals surface area contributed by atoms with Crippen LogP contribution >= 0.6 is 0 Å². The molecule has 1 saturated heterocycles. The maximum atomic E-state index is 11.2. The lowest BCUT2D eigenvalue weighted by molar-refractivity contribution is -0.140. The summed E-state index contributed by atoms with van der Waals surface area (Å²) in [5, 5.41) is 32.8. The number of nitrogens with one attached hydrogen (secondary N) is 2. The average Bonchev–Trinajstić information content (AvgIpc) is 2.87. The molecule has 0 spiro atoms. The van der Waals surface area contributed by atoms with Crippen molar-refractivity contribution < 1.29 is 29.6 Å². The van der Waals surface area contributed by atoms with Crippen LogP contribution < -0.4 is 15.4 Å². The fourth-order valence-corrected chi connectivity index (χ4v) is 2.08. The molecule has 1 fully saturated rings. The molecule has 1 aliphatic rings. The summed E-state index contributed by atoms with van der Waals surface area (Å²) in [7, 11) is 0. The van der Waals surface area contributed by atoms with Gasteiger partial charge in [-0.1, -0.05) is 6.07 Å². The van der Waals surface area contributed by atoms with E-state index in [-0.39, 0.29) is 17.2 Å². The second kappa shape index (κ2) is 6.35. The van der Waals surface area contributed by atoms with Crippen LogP contribution in [0.25, 0.3) is 6.08 Å². The van der Waals surface area contributed by atoms with E-state index in [9.17, 15) is 14.7 Å². The van der Waals surface area contributed by atoms with E-state index in [0.717, 1.165) is 0 Å². The molecule has 8 heteroatoms. The molecule has 2 atom stereocenters. The highest BCUT2D eigenvalue weighted by atomic mass is 16.5. The zero-order chi connectivity index (χ0) is 16.3. The van der Waals surface area contributed by atoms with Crippen molar-refractivity contribution in [3.63, 3.8) is 0 Å². The quantitative estimate of drug-likeness (QED) is 0.521. The second-order valence-corrected chi connectivity index (χ2v) is 4.61. The van der Waals surface area contributed by atoms with Gasteiger partial charge in [-0.25, -0.2) is 4.79 Å². The Balaban J connectivity index is 2.32. The van der Waals surface area contributed by atoms with Gasteiger partial charge in [-0.2, -0.15) is 0 Å². The molecular weight excluding hydrogens is 292 g/mol. The van der Waals surface area contributed by atoms with Gasteiger partial charge in [0.1, 0.15) is 6.04 Å². The predicted molar refractivity (Wildman–Crippen MR) is 76.4 cm³/mol. The molecular formula is C14H16N2O6. The van der Waals surface area contributed by atoms with Gasteiger partial charge in [-0.05, 0) is 30.7 Å². The maximum Gasteiger partial charge on any atom is 0.341 e. The van der Waals surface area contributed by atoms with Crippen molar-refractivity contribution in [2.24, 2.45) is 0 Å². The molecule has 2 rings (SSSR count). The Labute approximate surface area is 126 Å². The van der Waals surface area contributed by atoms with Gasteiger partial charge in [0.25, 0.3) is 0 Å².